The highest BCUT2D eigenvalue weighted by atomic mass is 35.5. The number of methoxy groups -OCH3 is 1. The first-order chi connectivity index (χ1) is 10.6. The molecule has 1 aromatic rings. The number of likely N-dealkylation sites (N-methyl/N-ethyl adjacent to an activating group) is 1. The Morgan fingerprint density at radius 1 is 1.27 bits per heavy atom. The molecule has 2 aliphatic heterocycles. The maximum Gasteiger partial charge on any atom is 0.0637 e. The van der Waals surface area contributed by atoms with Crippen LogP contribution in [-0.2, 0) is 4.74 Å². The molecule has 0 radical (unpaired) electrons. The Bertz CT molecular complexity index is 642. The lowest BCUT2D eigenvalue weighted by Gasteiger charge is -2.31. The van der Waals surface area contributed by atoms with E-state index in [1.807, 2.05) is 25.2 Å². The molecule has 0 atom stereocenters. The Labute approximate surface area is 140 Å². The van der Waals surface area contributed by atoms with Crippen molar-refractivity contribution in [2.45, 2.75) is 0 Å². The quantitative estimate of drug-likeness (QED) is 0.912. The number of hydrogen-bond acceptors (Lipinski definition) is 4. The SMILES string of the molecule is COCCN1CC=C2NN(C)CC2=C1c1ccc(Cl)c(Cl)c1. The van der Waals surface area contributed by atoms with E-state index in [1.165, 1.54) is 17.0 Å². The van der Waals surface area contributed by atoms with Crippen LogP contribution >= 0.6 is 23.2 Å². The van der Waals surface area contributed by atoms with Gasteiger partial charge in [0, 0.05) is 39.4 Å². The van der Waals surface area contributed by atoms with Crippen molar-refractivity contribution in [2.75, 3.05) is 40.4 Å². The van der Waals surface area contributed by atoms with Crippen molar-refractivity contribution in [3.8, 4) is 0 Å². The molecule has 3 rings (SSSR count). The summed E-state index contributed by atoms with van der Waals surface area (Å²) in [7, 11) is 3.76. The fourth-order valence-corrected chi connectivity index (χ4v) is 3.19. The molecule has 118 valence electrons. The van der Waals surface area contributed by atoms with Crippen LogP contribution in [0.1, 0.15) is 5.56 Å². The van der Waals surface area contributed by atoms with Crippen LogP contribution in [0.25, 0.3) is 5.70 Å². The van der Waals surface area contributed by atoms with Crippen LogP contribution in [0, 0.1) is 0 Å². The molecular formula is C16H19Cl2N3O. The van der Waals surface area contributed by atoms with Crippen molar-refractivity contribution in [3.05, 3.63) is 51.2 Å². The molecule has 1 N–H and O–H groups in total. The molecule has 2 heterocycles. The minimum Gasteiger partial charge on any atom is -0.383 e. The van der Waals surface area contributed by atoms with E-state index in [9.17, 15) is 0 Å². The van der Waals surface area contributed by atoms with Gasteiger partial charge >= 0.3 is 0 Å². The van der Waals surface area contributed by atoms with Crippen molar-refractivity contribution in [2.24, 2.45) is 0 Å². The summed E-state index contributed by atoms with van der Waals surface area (Å²) in [6.07, 6.45) is 2.22. The molecule has 4 nitrogen and oxygen atoms in total. The third kappa shape index (κ3) is 2.97. The van der Waals surface area contributed by atoms with Gasteiger partial charge in [-0.05, 0) is 23.8 Å². The van der Waals surface area contributed by atoms with Gasteiger partial charge in [0.1, 0.15) is 0 Å². The Balaban J connectivity index is 2.04. The number of hydrogen-bond donors (Lipinski definition) is 1. The largest absolute Gasteiger partial charge is 0.383 e. The van der Waals surface area contributed by atoms with Gasteiger partial charge in [-0.1, -0.05) is 29.3 Å². The maximum atomic E-state index is 6.22. The Hall–Kier alpha value is -1.20. The second-order valence-electron chi connectivity index (χ2n) is 5.48. The lowest BCUT2D eigenvalue weighted by molar-refractivity contribution is 0.176. The summed E-state index contributed by atoms with van der Waals surface area (Å²) >= 11 is 12.3. The van der Waals surface area contributed by atoms with Crippen LogP contribution in [-0.4, -0.2) is 50.3 Å². The number of fused-ring (bicyclic) bond motifs is 1. The molecule has 0 spiro atoms. The first-order valence-corrected chi connectivity index (χ1v) is 7.96. The van der Waals surface area contributed by atoms with Gasteiger partial charge in [0.15, 0.2) is 0 Å². The number of benzene rings is 1. The van der Waals surface area contributed by atoms with E-state index in [4.69, 9.17) is 27.9 Å². The minimum atomic E-state index is 0.577. The zero-order valence-electron chi connectivity index (χ0n) is 12.7. The smallest absolute Gasteiger partial charge is 0.0637 e. The predicted octanol–water partition coefficient (Wildman–Crippen LogP) is 3.00. The van der Waals surface area contributed by atoms with Gasteiger partial charge in [-0.2, -0.15) is 0 Å². The van der Waals surface area contributed by atoms with Gasteiger partial charge in [0.05, 0.1) is 28.0 Å². The van der Waals surface area contributed by atoms with E-state index < -0.39 is 0 Å². The molecule has 0 saturated carbocycles. The average Bonchev–Trinajstić information content (AvgIpc) is 2.87. The van der Waals surface area contributed by atoms with Crippen molar-refractivity contribution in [1.82, 2.24) is 15.3 Å². The van der Waals surface area contributed by atoms with Gasteiger partial charge in [-0.15, -0.1) is 0 Å². The molecule has 0 aliphatic carbocycles. The van der Waals surface area contributed by atoms with Gasteiger partial charge in [0.2, 0.25) is 0 Å². The number of rotatable bonds is 4. The van der Waals surface area contributed by atoms with Gasteiger partial charge in [-0.25, -0.2) is 5.01 Å². The summed E-state index contributed by atoms with van der Waals surface area (Å²) in [5, 5.41) is 3.24. The van der Waals surface area contributed by atoms with Crippen LogP contribution in [0.3, 0.4) is 0 Å². The highest BCUT2D eigenvalue weighted by Crippen LogP contribution is 2.35. The molecular weight excluding hydrogens is 321 g/mol. The number of hydrazine groups is 1. The third-order valence-electron chi connectivity index (χ3n) is 3.91. The lowest BCUT2D eigenvalue weighted by atomic mass is 10.00. The second kappa shape index (κ2) is 6.50. The molecule has 6 heteroatoms. The summed E-state index contributed by atoms with van der Waals surface area (Å²) in [6.45, 7) is 3.22. The Kier molecular flexibility index (Phi) is 4.64. The number of ether oxygens (including phenoxy) is 1. The van der Waals surface area contributed by atoms with Crippen LogP contribution in [0.2, 0.25) is 10.0 Å². The molecule has 2 aliphatic rings. The highest BCUT2D eigenvalue weighted by Gasteiger charge is 2.28. The third-order valence-corrected chi connectivity index (χ3v) is 4.65. The summed E-state index contributed by atoms with van der Waals surface area (Å²) in [5.74, 6) is 0. The van der Waals surface area contributed by atoms with Gasteiger partial charge < -0.3 is 15.1 Å². The summed E-state index contributed by atoms with van der Waals surface area (Å²) < 4.78 is 5.25. The molecule has 0 amide bonds. The van der Waals surface area contributed by atoms with Crippen LogP contribution in [0.15, 0.2) is 35.5 Å². The van der Waals surface area contributed by atoms with E-state index in [1.54, 1.807) is 7.11 Å². The standard InChI is InChI=1S/C16H19Cl2N3O/c1-20-10-12-15(19-20)5-6-21(7-8-22-2)16(12)11-3-4-13(17)14(18)9-11/h3-5,9,19H,6-8,10H2,1-2H3. The predicted molar refractivity (Wildman–Crippen MR) is 90.7 cm³/mol. The zero-order chi connectivity index (χ0) is 15.7. The fourth-order valence-electron chi connectivity index (χ4n) is 2.89. The second-order valence-corrected chi connectivity index (χ2v) is 6.29. The molecule has 0 aromatic heterocycles. The van der Waals surface area contributed by atoms with E-state index in [-0.39, 0.29) is 0 Å². The fraction of sp³-hybridized carbons (Fsp3) is 0.375. The molecule has 0 bridgehead atoms. The molecule has 22 heavy (non-hydrogen) atoms. The first-order valence-electron chi connectivity index (χ1n) is 7.21. The van der Waals surface area contributed by atoms with Gasteiger partial charge in [-0.3, -0.25) is 0 Å². The summed E-state index contributed by atoms with van der Waals surface area (Å²) in [5.41, 5.74) is 8.12. The maximum absolute atomic E-state index is 6.22. The van der Waals surface area contributed by atoms with Crippen molar-refractivity contribution in [1.29, 1.82) is 0 Å². The van der Waals surface area contributed by atoms with E-state index in [0.717, 1.165) is 25.2 Å². The molecule has 1 aromatic carbocycles. The minimum absolute atomic E-state index is 0.577. The van der Waals surface area contributed by atoms with E-state index in [0.29, 0.717) is 16.7 Å². The molecule has 1 saturated heterocycles. The summed E-state index contributed by atoms with van der Waals surface area (Å²) in [4.78, 5) is 2.32. The van der Waals surface area contributed by atoms with Gasteiger partial charge in [0.25, 0.3) is 0 Å². The number of halogens is 2. The van der Waals surface area contributed by atoms with Crippen molar-refractivity contribution >= 4 is 28.9 Å². The molecule has 1 fully saturated rings. The van der Waals surface area contributed by atoms with Crippen molar-refractivity contribution < 1.29 is 4.74 Å². The van der Waals surface area contributed by atoms with Crippen LogP contribution < -0.4 is 5.43 Å². The Morgan fingerprint density at radius 2 is 2.09 bits per heavy atom. The van der Waals surface area contributed by atoms with Crippen molar-refractivity contribution in [3.63, 3.8) is 0 Å². The Morgan fingerprint density at radius 3 is 2.82 bits per heavy atom. The topological polar surface area (TPSA) is 27.7 Å². The first kappa shape index (κ1) is 15.7. The van der Waals surface area contributed by atoms with Crippen LogP contribution in [0.5, 0.6) is 0 Å². The summed E-state index contributed by atoms with van der Waals surface area (Å²) in [6, 6.07) is 5.82. The average molecular weight is 340 g/mol. The van der Waals surface area contributed by atoms with Crippen LogP contribution in [0.4, 0.5) is 0 Å². The van der Waals surface area contributed by atoms with E-state index in [2.05, 4.69) is 21.4 Å². The number of nitrogens with one attached hydrogen (secondary N) is 1. The zero-order valence-corrected chi connectivity index (χ0v) is 14.2. The number of nitrogens with zero attached hydrogens (tertiary/aromatic N) is 2. The molecule has 0 unspecified atom stereocenters. The normalized spacial score (nSPS) is 18.4. The monoisotopic (exact) mass is 339 g/mol. The lowest BCUT2D eigenvalue weighted by Crippen LogP contribution is -2.31. The van der Waals surface area contributed by atoms with E-state index >= 15 is 0 Å². The highest BCUT2D eigenvalue weighted by molar-refractivity contribution is 6.42.